The summed E-state index contributed by atoms with van der Waals surface area (Å²) in [6.45, 7) is 6.42. The SMILES string of the molecule is CCCCCC(C)c1ccc(C)cc1O. The Bertz CT molecular complexity index is 304. The predicted octanol–water partition coefficient (Wildman–Crippen LogP) is 4.38. The predicted molar refractivity (Wildman–Crippen MR) is 65.4 cm³/mol. The van der Waals surface area contributed by atoms with Crippen LogP contribution in [-0.4, -0.2) is 5.11 Å². The lowest BCUT2D eigenvalue weighted by atomic mass is 9.93. The van der Waals surface area contributed by atoms with Gasteiger partial charge >= 0.3 is 0 Å². The molecule has 1 unspecified atom stereocenters. The Morgan fingerprint density at radius 1 is 1.27 bits per heavy atom. The molecule has 0 aliphatic rings. The number of hydrogen-bond donors (Lipinski definition) is 1. The second-order valence-corrected chi connectivity index (χ2v) is 4.46. The fourth-order valence-electron chi connectivity index (χ4n) is 1.93. The third kappa shape index (κ3) is 3.58. The first-order chi connectivity index (χ1) is 7.15. The molecule has 1 nitrogen and oxygen atoms in total. The largest absolute Gasteiger partial charge is 0.508 e. The zero-order chi connectivity index (χ0) is 11.3. The van der Waals surface area contributed by atoms with E-state index in [2.05, 4.69) is 26.0 Å². The van der Waals surface area contributed by atoms with E-state index in [0.29, 0.717) is 11.7 Å². The van der Waals surface area contributed by atoms with Crippen LogP contribution in [0.4, 0.5) is 0 Å². The molecule has 0 saturated carbocycles. The molecule has 0 radical (unpaired) electrons. The minimum atomic E-state index is 0.457. The van der Waals surface area contributed by atoms with Gasteiger partial charge in [-0.15, -0.1) is 0 Å². The highest BCUT2D eigenvalue weighted by Crippen LogP contribution is 2.29. The third-order valence-electron chi connectivity index (χ3n) is 2.96. The zero-order valence-electron chi connectivity index (χ0n) is 10.1. The van der Waals surface area contributed by atoms with Crippen molar-refractivity contribution in [3.8, 4) is 5.75 Å². The van der Waals surface area contributed by atoms with Crippen molar-refractivity contribution < 1.29 is 5.11 Å². The summed E-state index contributed by atoms with van der Waals surface area (Å²) in [6, 6.07) is 5.98. The number of phenolic OH excluding ortho intramolecular Hbond substituents is 1. The maximum atomic E-state index is 9.82. The molecule has 1 atom stereocenters. The lowest BCUT2D eigenvalue weighted by Gasteiger charge is -2.13. The van der Waals surface area contributed by atoms with Gasteiger partial charge in [-0.25, -0.2) is 0 Å². The summed E-state index contributed by atoms with van der Waals surface area (Å²) in [6.07, 6.45) is 4.97. The van der Waals surface area contributed by atoms with E-state index < -0.39 is 0 Å². The second-order valence-electron chi connectivity index (χ2n) is 4.46. The van der Waals surface area contributed by atoms with E-state index in [1.165, 1.54) is 25.7 Å². The molecule has 0 aliphatic heterocycles. The molecule has 0 fully saturated rings. The first-order valence-corrected chi connectivity index (χ1v) is 5.94. The van der Waals surface area contributed by atoms with Gasteiger partial charge in [0.05, 0.1) is 0 Å². The van der Waals surface area contributed by atoms with E-state index in [1.54, 1.807) is 0 Å². The maximum Gasteiger partial charge on any atom is 0.119 e. The number of unbranched alkanes of at least 4 members (excludes halogenated alkanes) is 2. The van der Waals surface area contributed by atoms with Gasteiger partial charge < -0.3 is 5.11 Å². The molecule has 84 valence electrons. The highest BCUT2D eigenvalue weighted by atomic mass is 16.3. The molecular weight excluding hydrogens is 184 g/mol. The highest BCUT2D eigenvalue weighted by molar-refractivity contribution is 5.37. The van der Waals surface area contributed by atoms with Crippen molar-refractivity contribution in [1.82, 2.24) is 0 Å². The maximum absolute atomic E-state index is 9.82. The van der Waals surface area contributed by atoms with Crippen LogP contribution in [0.1, 0.15) is 56.6 Å². The fourth-order valence-corrected chi connectivity index (χ4v) is 1.93. The minimum Gasteiger partial charge on any atom is -0.508 e. The molecule has 1 aromatic rings. The van der Waals surface area contributed by atoms with Gasteiger partial charge in [0.2, 0.25) is 0 Å². The van der Waals surface area contributed by atoms with Crippen molar-refractivity contribution in [3.05, 3.63) is 29.3 Å². The Hall–Kier alpha value is -0.980. The Morgan fingerprint density at radius 2 is 2.00 bits per heavy atom. The van der Waals surface area contributed by atoms with Crippen LogP contribution in [0, 0.1) is 6.92 Å². The Kier molecular flexibility index (Phi) is 4.67. The minimum absolute atomic E-state index is 0.457. The molecule has 1 rings (SSSR count). The lowest BCUT2D eigenvalue weighted by molar-refractivity contribution is 0.458. The normalized spacial score (nSPS) is 12.7. The van der Waals surface area contributed by atoms with Gasteiger partial charge in [0.15, 0.2) is 0 Å². The van der Waals surface area contributed by atoms with Gasteiger partial charge in [0.1, 0.15) is 5.75 Å². The summed E-state index contributed by atoms with van der Waals surface area (Å²) in [5.41, 5.74) is 2.22. The van der Waals surface area contributed by atoms with Gasteiger partial charge in [-0.05, 0) is 36.5 Å². The number of benzene rings is 1. The van der Waals surface area contributed by atoms with Crippen LogP contribution in [0.15, 0.2) is 18.2 Å². The molecule has 0 amide bonds. The average molecular weight is 206 g/mol. The van der Waals surface area contributed by atoms with E-state index in [-0.39, 0.29) is 0 Å². The molecule has 1 aromatic carbocycles. The molecule has 0 spiro atoms. The summed E-state index contributed by atoms with van der Waals surface area (Å²) < 4.78 is 0. The molecule has 0 aliphatic carbocycles. The Balaban J connectivity index is 2.61. The van der Waals surface area contributed by atoms with Gasteiger partial charge in [-0.3, -0.25) is 0 Å². The Labute approximate surface area is 93.1 Å². The average Bonchev–Trinajstić information content (AvgIpc) is 2.17. The van der Waals surface area contributed by atoms with E-state index >= 15 is 0 Å². The van der Waals surface area contributed by atoms with Crippen molar-refractivity contribution in [3.63, 3.8) is 0 Å². The molecule has 0 heterocycles. The third-order valence-corrected chi connectivity index (χ3v) is 2.96. The zero-order valence-corrected chi connectivity index (χ0v) is 10.1. The number of rotatable bonds is 5. The van der Waals surface area contributed by atoms with Crippen LogP contribution < -0.4 is 0 Å². The second kappa shape index (κ2) is 5.79. The first kappa shape index (κ1) is 12.1. The summed E-state index contributed by atoms with van der Waals surface area (Å²) in [7, 11) is 0. The van der Waals surface area contributed by atoms with Crippen LogP contribution in [-0.2, 0) is 0 Å². The molecule has 15 heavy (non-hydrogen) atoms. The topological polar surface area (TPSA) is 20.2 Å². The molecule has 0 saturated heterocycles. The van der Waals surface area contributed by atoms with Crippen LogP contribution >= 0.6 is 0 Å². The molecule has 1 N–H and O–H groups in total. The quantitative estimate of drug-likeness (QED) is 0.709. The van der Waals surface area contributed by atoms with Crippen molar-refractivity contribution in [2.24, 2.45) is 0 Å². The number of aryl methyl sites for hydroxylation is 1. The first-order valence-electron chi connectivity index (χ1n) is 5.94. The van der Waals surface area contributed by atoms with Gasteiger partial charge in [-0.2, -0.15) is 0 Å². The smallest absolute Gasteiger partial charge is 0.119 e. The number of hydrogen-bond acceptors (Lipinski definition) is 1. The van der Waals surface area contributed by atoms with Crippen LogP contribution in [0.2, 0.25) is 0 Å². The van der Waals surface area contributed by atoms with Crippen molar-refractivity contribution >= 4 is 0 Å². The monoisotopic (exact) mass is 206 g/mol. The summed E-state index contributed by atoms with van der Waals surface area (Å²) in [5, 5.41) is 9.82. The molecule has 0 aromatic heterocycles. The van der Waals surface area contributed by atoms with E-state index in [4.69, 9.17) is 0 Å². The standard InChI is InChI=1S/C14H22O/c1-4-5-6-7-12(3)13-9-8-11(2)10-14(13)15/h8-10,12,15H,4-7H2,1-3H3. The highest BCUT2D eigenvalue weighted by Gasteiger charge is 2.09. The molecular formula is C14H22O. The van der Waals surface area contributed by atoms with Crippen LogP contribution in [0.25, 0.3) is 0 Å². The van der Waals surface area contributed by atoms with Crippen LogP contribution in [0.3, 0.4) is 0 Å². The van der Waals surface area contributed by atoms with Crippen molar-refractivity contribution in [2.45, 2.75) is 52.4 Å². The van der Waals surface area contributed by atoms with E-state index in [1.807, 2.05) is 13.0 Å². The summed E-state index contributed by atoms with van der Waals surface area (Å²) in [5.74, 6) is 0.927. The molecule has 1 heteroatoms. The van der Waals surface area contributed by atoms with Crippen molar-refractivity contribution in [1.29, 1.82) is 0 Å². The summed E-state index contributed by atoms with van der Waals surface area (Å²) >= 11 is 0. The van der Waals surface area contributed by atoms with Gasteiger partial charge in [0, 0.05) is 0 Å². The van der Waals surface area contributed by atoms with Gasteiger partial charge in [0.25, 0.3) is 0 Å². The van der Waals surface area contributed by atoms with Gasteiger partial charge in [-0.1, -0.05) is 45.2 Å². The lowest BCUT2D eigenvalue weighted by Crippen LogP contribution is -1.94. The Morgan fingerprint density at radius 3 is 2.60 bits per heavy atom. The molecule has 0 bridgehead atoms. The van der Waals surface area contributed by atoms with E-state index in [0.717, 1.165) is 11.1 Å². The van der Waals surface area contributed by atoms with Crippen LogP contribution in [0.5, 0.6) is 5.75 Å². The summed E-state index contributed by atoms with van der Waals surface area (Å²) in [4.78, 5) is 0. The number of aromatic hydroxyl groups is 1. The van der Waals surface area contributed by atoms with E-state index in [9.17, 15) is 5.11 Å². The van der Waals surface area contributed by atoms with Crippen molar-refractivity contribution in [2.75, 3.05) is 0 Å². The fraction of sp³-hybridized carbons (Fsp3) is 0.571. The number of phenols is 1.